The third kappa shape index (κ3) is 2.57. The van der Waals surface area contributed by atoms with Crippen LogP contribution in [0.15, 0.2) is 48.5 Å². The maximum absolute atomic E-state index is 5.69. The summed E-state index contributed by atoms with van der Waals surface area (Å²) in [6.45, 7) is 8.77. The quantitative estimate of drug-likeness (QED) is 0.723. The van der Waals surface area contributed by atoms with E-state index in [1.54, 1.807) is 7.11 Å². The van der Waals surface area contributed by atoms with Crippen molar-refractivity contribution in [3.8, 4) is 11.8 Å². The Labute approximate surface area is 139 Å². The molecule has 0 saturated carbocycles. The van der Waals surface area contributed by atoms with E-state index in [2.05, 4.69) is 62.8 Å². The highest BCUT2D eigenvalue weighted by molar-refractivity contribution is 5.50. The zero-order chi connectivity index (χ0) is 16.7. The van der Waals surface area contributed by atoms with E-state index >= 15 is 0 Å². The van der Waals surface area contributed by atoms with E-state index in [0.29, 0.717) is 0 Å². The van der Waals surface area contributed by atoms with E-state index in [1.165, 1.54) is 11.1 Å². The molecule has 2 nitrogen and oxygen atoms in total. The third-order valence-corrected chi connectivity index (χ3v) is 4.66. The molecule has 0 amide bonds. The Balaban J connectivity index is 2.03. The van der Waals surface area contributed by atoms with Crippen LogP contribution in [0.25, 0.3) is 0 Å². The molecule has 23 heavy (non-hydrogen) atoms. The molecule has 2 aromatic rings. The first-order valence-corrected chi connectivity index (χ1v) is 7.94. The molecule has 1 aliphatic heterocycles. The predicted molar refractivity (Wildman–Crippen MR) is 93.8 cm³/mol. The molecule has 0 atom stereocenters. The number of rotatable bonds is 1. The lowest BCUT2D eigenvalue weighted by atomic mass is 9.89. The van der Waals surface area contributed by atoms with Crippen molar-refractivity contribution in [2.75, 3.05) is 7.11 Å². The van der Waals surface area contributed by atoms with Crippen molar-refractivity contribution in [3.05, 3.63) is 70.8 Å². The summed E-state index contributed by atoms with van der Waals surface area (Å²) in [5.74, 6) is 6.51. The molecule has 0 fully saturated rings. The van der Waals surface area contributed by atoms with Crippen molar-refractivity contribution >= 4 is 0 Å². The lowest BCUT2D eigenvalue weighted by Crippen LogP contribution is -2.44. The summed E-state index contributed by atoms with van der Waals surface area (Å²) in [6.07, 6.45) is 0. The van der Waals surface area contributed by atoms with Crippen LogP contribution in [-0.2, 0) is 15.9 Å². The molecule has 0 aliphatic carbocycles. The Morgan fingerprint density at radius 1 is 0.783 bits per heavy atom. The first-order valence-electron chi connectivity index (χ1n) is 7.94. The first-order chi connectivity index (χ1) is 10.9. The molecule has 2 aromatic carbocycles. The van der Waals surface area contributed by atoms with Gasteiger partial charge in [-0.05, 0) is 63.1 Å². The predicted octanol–water partition coefficient (Wildman–Crippen LogP) is 4.43. The molecule has 0 aromatic heterocycles. The average molecular weight is 305 g/mol. The number of hydroxylamine groups is 2. The summed E-state index contributed by atoms with van der Waals surface area (Å²) in [6, 6.07) is 16.6. The SMILES string of the molecule is CON1C(C)(C)c2ccc(C#Cc3ccccc3)cc2C1(C)C. The van der Waals surface area contributed by atoms with Gasteiger partial charge in [-0.25, -0.2) is 0 Å². The van der Waals surface area contributed by atoms with Gasteiger partial charge in [0.05, 0.1) is 18.2 Å². The first kappa shape index (κ1) is 15.8. The van der Waals surface area contributed by atoms with E-state index in [1.807, 2.05) is 30.3 Å². The zero-order valence-electron chi connectivity index (χ0n) is 14.5. The number of nitrogens with zero attached hydrogens (tertiary/aromatic N) is 1. The summed E-state index contributed by atoms with van der Waals surface area (Å²) in [7, 11) is 1.74. The average Bonchev–Trinajstić information content (AvgIpc) is 2.68. The van der Waals surface area contributed by atoms with Crippen LogP contribution in [0.2, 0.25) is 0 Å². The zero-order valence-corrected chi connectivity index (χ0v) is 14.5. The molecular weight excluding hydrogens is 282 g/mol. The van der Waals surface area contributed by atoms with Gasteiger partial charge in [-0.15, -0.1) is 0 Å². The highest BCUT2D eigenvalue weighted by Gasteiger charge is 2.49. The molecule has 1 heterocycles. The summed E-state index contributed by atoms with van der Waals surface area (Å²) >= 11 is 0. The van der Waals surface area contributed by atoms with Crippen LogP contribution in [0.4, 0.5) is 0 Å². The highest BCUT2D eigenvalue weighted by Crippen LogP contribution is 2.49. The van der Waals surface area contributed by atoms with Gasteiger partial charge in [0, 0.05) is 11.1 Å². The van der Waals surface area contributed by atoms with Gasteiger partial charge in [0.1, 0.15) is 0 Å². The van der Waals surface area contributed by atoms with Gasteiger partial charge in [0.15, 0.2) is 0 Å². The Kier molecular flexibility index (Phi) is 3.80. The number of hydrogen-bond donors (Lipinski definition) is 0. The molecule has 0 radical (unpaired) electrons. The maximum atomic E-state index is 5.69. The van der Waals surface area contributed by atoms with Crippen LogP contribution in [0.1, 0.15) is 49.9 Å². The molecule has 0 N–H and O–H groups in total. The lowest BCUT2D eigenvalue weighted by Gasteiger charge is -2.38. The minimum Gasteiger partial charge on any atom is -0.301 e. The van der Waals surface area contributed by atoms with E-state index in [-0.39, 0.29) is 11.1 Å². The largest absolute Gasteiger partial charge is 0.301 e. The Bertz CT molecular complexity index is 778. The van der Waals surface area contributed by atoms with E-state index in [9.17, 15) is 0 Å². The van der Waals surface area contributed by atoms with Crippen LogP contribution in [0.5, 0.6) is 0 Å². The molecule has 2 heteroatoms. The fourth-order valence-electron chi connectivity index (χ4n) is 3.70. The summed E-state index contributed by atoms with van der Waals surface area (Å²) < 4.78 is 0. The number of hydrogen-bond acceptors (Lipinski definition) is 2. The second-order valence-electron chi connectivity index (χ2n) is 6.97. The van der Waals surface area contributed by atoms with E-state index < -0.39 is 0 Å². The third-order valence-electron chi connectivity index (χ3n) is 4.66. The van der Waals surface area contributed by atoms with Crippen molar-refractivity contribution < 1.29 is 4.84 Å². The minimum atomic E-state index is -0.183. The van der Waals surface area contributed by atoms with Crippen molar-refractivity contribution in [1.82, 2.24) is 5.06 Å². The fourth-order valence-corrected chi connectivity index (χ4v) is 3.70. The lowest BCUT2D eigenvalue weighted by molar-refractivity contribution is -0.241. The van der Waals surface area contributed by atoms with Crippen LogP contribution < -0.4 is 0 Å². The number of benzene rings is 2. The van der Waals surface area contributed by atoms with Gasteiger partial charge in [-0.3, -0.25) is 0 Å². The molecule has 1 aliphatic rings. The second-order valence-corrected chi connectivity index (χ2v) is 6.97. The van der Waals surface area contributed by atoms with E-state index in [4.69, 9.17) is 4.84 Å². The molecule has 0 saturated heterocycles. The van der Waals surface area contributed by atoms with Gasteiger partial charge in [-0.2, -0.15) is 5.06 Å². The standard InChI is InChI=1S/C21H23NO/c1-20(2)18-14-13-17(12-11-16-9-7-6-8-10-16)15-19(18)21(3,4)22(20)23-5/h6-10,13-15H,1-5H3. The van der Waals surface area contributed by atoms with Crippen LogP contribution in [-0.4, -0.2) is 12.2 Å². The highest BCUT2D eigenvalue weighted by atomic mass is 16.7. The molecular formula is C21H23NO. The summed E-state index contributed by atoms with van der Waals surface area (Å²) in [4.78, 5) is 5.69. The number of fused-ring (bicyclic) bond motifs is 1. The van der Waals surface area contributed by atoms with Gasteiger partial charge >= 0.3 is 0 Å². The molecule has 0 spiro atoms. The van der Waals surface area contributed by atoms with Crippen molar-refractivity contribution in [3.63, 3.8) is 0 Å². The van der Waals surface area contributed by atoms with Crippen LogP contribution in [0, 0.1) is 11.8 Å². The van der Waals surface area contributed by atoms with Crippen molar-refractivity contribution in [1.29, 1.82) is 0 Å². The van der Waals surface area contributed by atoms with Gasteiger partial charge in [0.2, 0.25) is 0 Å². The van der Waals surface area contributed by atoms with Gasteiger partial charge < -0.3 is 4.84 Å². The molecule has 0 unspecified atom stereocenters. The smallest absolute Gasteiger partial charge is 0.0668 e. The Hall–Kier alpha value is -2.08. The maximum Gasteiger partial charge on any atom is 0.0668 e. The minimum absolute atomic E-state index is 0.154. The van der Waals surface area contributed by atoms with Crippen LogP contribution in [0.3, 0.4) is 0 Å². The van der Waals surface area contributed by atoms with Crippen molar-refractivity contribution in [2.45, 2.75) is 38.8 Å². The second kappa shape index (κ2) is 5.53. The summed E-state index contributed by atoms with van der Waals surface area (Å²) in [5.41, 5.74) is 4.32. The normalized spacial score (nSPS) is 18.1. The monoisotopic (exact) mass is 305 g/mol. The molecule has 118 valence electrons. The van der Waals surface area contributed by atoms with Gasteiger partial charge in [-0.1, -0.05) is 36.1 Å². The fraction of sp³-hybridized carbons (Fsp3) is 0.333. The molecule has 3 rings (SSSR count). The molecule has 0 bridgehead atoms. The van der Waals surface area contributed by atoms with Crippen molar-refractivity contribution in [2.24, 2.45) is 0 Å². The van der Waals surface area contributed by atoms with Crippen LogP contribution >= 0.6 is 0 Å². The summed E-state index contributed by atoms with van der Waals surface area (Å²) in [5, 5.41) is 2.07. The van der Waals surface area contributed by atoms with Gasteiger partial charge in [0.25, 0.3) is 0 Å². The Morgan fingerprint density at radius 2 is 1.39 bits per heavy atom. The Morgan fingerprint density at radius 3 is 2.04 bits per heavy atom. The topological polar surface area (TPSA) is 12.5 Å². The van der Waals surface area contributed by atoms with E-state index in [0.717, 1.165) is 11.1 Å².